The van der Waals surface area contributed by atoms with Crippen molar-refractivity contribution >= 4 is 39.7 Å². The van der Waals surface area contributed by atoms with Gasteiger partial charge in [0, 0.05) is 76.3 Å². The second-order valence-corrected chi connectivity index (χ2v) is 28.0. The zero-order chi connectivity index (χ0) is 78.3. The molecule has 4 heteroatoms. The van der Waals surface area contributed by atoms with Crippen LogP contribution in [0.2, 0.25) is 0 Å². The van der Waals surface area contributed by atoms with E-state index in [-0.39, 0.29) is 0 Å². The number of halogens is 1. The van der Waals surface area contributed by atoms with Gasteiger partial charge in [0.1, 0.15) is 0 Å². The normalized spacial score (nSPS) is 9.66. The van der Waals surface area contributed by atoms with E-state index in [1.807, 2.05) is 98.8 Å². The van der Waals surface area contributed by atoms with E-state index in [1.165, 1.54) is 117 Å². The molecular weight excluding hydrogens is 1420 g/mol. The molecule has 0 saturated carbocycles. The van der Waals surface area contributed by atoms with Crippen LogP contribution >= 0.6 is 22.6 Å². The van der Waals surface area contributed by atoms with Crippen molar-refractivity contribution in [3.05, 3.63) is 369 Å². The van der Waals surface area contributed by atoms with Crippen molar-refractivity contribution in [1.29, 1.82) is 0 Å². The van der Waals surface area contributed by atoms with E-state index < -0.39 is 0 Å². The highest BCUT2D eigenvalue weighted by atomic mass is 127. The van der Waals surface area contributed by atoms with E-state index in [1.54, 1.807) is 0 Å². The van der Waals surface area contributed by atoms with E-state index >= 15 is 0 Å². The van der Waals surface area contributed by atoms with E-state index in [2.05, 4.69) is 309 Å². The molecule has 0 aromatic heterocycles. The standard InChI is InChI=1S/C31H32.C18H18.C17H17N.C14H18.C10H10.C7H8IN.C7H9N/c1-4-6-7-8-9-27-14-16-28(17-15-27)18-19-30-21-23-31(25(3)24-30)22-20-29-12-10-26(5-2)11-13-29;1-4-16-6-8-17(9-7-16)10-12-18-11-5-14(2)13-15(18)3;1-3-14-4-6-15(7-5-14)8-9-16-10-11-17(18)12-13(16)2;1-3-5-6-7-8-14-11-9-13(4-2)10-12-14;1-3-9-5-7-10(4-2)8-6-9;1-5-4-6(9)2-3-7(5)8;1-6-3-2-4-7(8)5-6/h10-17,21,23-24H,4-9H2,1-3H3;5-9,11,13H,4H2,1-3H3;4-7,10-12H,3,18H2,1-2H3;2,9-12H,3,5-8H2,1H3;1,5-8H,4H2,2H3;2-4H,9H2,1H3;2-5H,8H2,1H3. The maximum atomic E-state index is 5.72. The molecule has 11 aromatic carbocycles. The highest BCUT2D eigenvalue weighted by Gasteiger charge is 2.02. The van der Waals surface area contributed by atoms with Gasteiger partial charge in [0.05, 0.1) is 0 Å². The minimum atomic E-state index is 0.783. The lowest BCUT2D eigenvalue weighted by Crippen LogP contribution is -1.88. The summed E-state index contributed by atoms with van der Waals surface area (Å²) in [5.74, 6) is 31.2. The summed E-state index contributed by atoms with van der Waals surface area (Å²) in [5, 5.41) is 0. The minimum Gasteiger partial charge on any atom is -0.399 e. The molecule has 0 atom stereocenters. The van der Waals surface area contributed by atoms with Gasteiger partial charge in [0.25, 0.3) is 0 Å². The number of unbranched alkanes of at least 4 members (excludes halogenated alkanes) is 6. The van der Waals surface area contributed by atoms with E-state index in [9.17, 15) is 0 Å². The number of benzene rings is 11. The van der Waals surface area contributed by atoms with Gasteiger partial charge in [-0.25, -0.2) is 0 Å². The first kappa shape index (κ1) is 87.5. The SMILES string of the molecule is C#Cc1ccc(CC)cc1.C#Cc1ccc(CCCCCC)cc1.CCCCCCc1ccc(C#Cc2ccc(C#Cc3ccc(CC)cc3)c(C)c2)cc1.CCc1ccc(C#Cc2ccc(C)cc2C)cc1.CCc1ccc(C#Cc2ccc(N)cc2C)cc1.Cc1cc(N)ccc1I.Cc1cccc(N)c1. The molecule has 0 heterocycles. The van der Waals surface area contributed by atoms with E-state index in [0.29, 0.717) is 0 Å². The minimum absolute atomic E-state index is 0.783. The number of rotatable bonds is 14. The first-order chi connectivity index (χ1) is 52.3. The van der Waals surface area contributed by atoms with Crippen LogP contribution in [-0.4, -0.2) is 0 Å². The Kier molecular flexibility index (Phi) is 40.9. The predicted molar refractivity (Wildman–Crippen MR) is 478 cm³/mol. The summed E-state index contributed by atoms with van der Waals surface area (Å²) in [6.45, 7) is 25.5. The van der Waals surface area contributed by atoms with Crippen molar-refractivity contribution in [2.24, 2.45) is 0 Å². The summed E-state index contributed by atoms with van der Waals surface area (Å²) < 4.78 is 1.27. The third-order valence-corrected chi connectivity index (χ3v) is 19.0. The van der Waals surface area contributed by atoms with Gasteiger partial charge in [-0.3, -0.25) is 0 Å². The highest BCUT2D eigenvalue weighted by Crippen LogP contribution is 2.18. The van der Waals surface area contributed by atoms with Gasteiger partial charge >= 0.3 is 0 Å². The number of terminal acetylenes is 2. The average molecular weight is 1530 g/mol. The molecule has 108 heavy (non-hydrogen) atoms. The summed E-state index contributed by atoms with van der Waals surface area (Å²) in [4.78, 5) is 0. The molecule has 550 valence electrons. The molecule has 0 unspecified atom stereocenters. The highest BCUT2D eigenvalue weighted by molar-refractivity contribution is 14.1. The largest absolute Gasteiger partial charge is 0.399 e. The molecule has 0 fully saturated rings. The van der Waals surface area contributed by atoms with Crippen LogP contribution in [0.15, 0.2) is 243 Å². The lowest BCUT2D eigenvalue weighted by atomic mass is 10.0. The van der Waals surface area contributed by atoms with Gasteiger partial charge in [0.2, 0.25) is 0 Å². The molecule has 0 aliphatic rings. The Bertz CT molecular complexity index is 4730. The molecule has 11 aromatic rings. The fourth-order valence-corrected chi connectivity index (χ4v) is 11.2. The molecule has 6 N–H and O–H groups in total. The second kappa shape index (κ2) is 50.4. The molecule has 0 amide bonds. The molecule has 0 spiro atoms. The van der Waals surface area contributed by atoms with Crippen LogP contribution in [0.4, 0.5) is 17.1 Å². The van der Waals surface area contributed by atoms with Crippen molar-refractivity contribution in [2.75, 3.05) is 17.2 Å². The van der Waals surface area contributed by atoms with Crippen molar-refractivity contribution in [2.45, 2.75) is 173 Å². The van der Waals surface area contributed by atoms with E-state index in [0.717, 1.165) is 116 Å². The summed E-state index contributed by atoms with van der Waals surface area (Å²) in [6.07, 6.45) is 27.6. The fraction of sp³-hybridized carbons (Fsp3) is 0.250. The lowest BCUT2D eigenvalue weighted by Gasteiger charge is -2.01. The summed E-state index contributed by atoms with van der Waals surface area (Å²) in [5.41, 5.74) is 45.0. The van der Waals surface area contributed by atoms with Crippen molar-refractivity contribution < 1.29 is 0 Å². The summed E-state index contributed by atoms with van der Waals surface area (Å²) in [7, 11) is 0. The molecule has 0 bridgehead atoms. The third kappa shape index (κ3) is 34.9. The number of hydrogen-bond acceptors (Lipinski definition) is 3. The van der Waals surface area contributed by atoms with Crippen molar-refractivity contribution in [3.8, 4) is 72.1 Å². The van der Waals surface area contributed by atoms with Gasteiger partial charge < -0.3 is 17.2 Å². The van der Waals surface area contributed by atoms with Gasteiger partial charge in [0.15, 0.2) is 0 Å². The Morgan fingerprint density at radius 1 is 0.269 bits per heavy atom. The predicted octanol–water partition coefficient (Wildman–Crippen LogP) is 25.1. The zero-order valence-corrected chi connectivity index (χ0v) is 68.4. The third-order valence-electron chi connectivity index (χ3n) is 17.8. The molecule has 0 saturated heterocycles. The van der Waals surface area contributed by atoms with Gasteiger partial charge in [-0.05, 0) is 322 Å². The maximum absolute atomic E-state index is 5.72. The van der Waals surface area contributed by atoms with E-state index in [4.69, 9.17) is 30.0 Å². The number of nitrogen functional groups attached to an aromatic ring is 3. The molecule has 0 aliphatic heterocycles. The van der Waals surface area contributed by atoms with Crippen LogP contribution < -0.4 is 17.2 Å². The van der Waals surface area contributed by atoms with Crippen LogP contribution in [0.25, 0.3) is 0 Å². The monoisotopic (exact) mass is 1530 g/mol. The number of hydrogen-bond donors (Lipinski definition) is 3. The average Bonchev–Trinajstić information content (AvgIpc) is 0.870. The van der Waals surface area contributed by atoms with Crippen molar-refractivity contribution in [3.63, 3.8) is 0 Å². The fourth-order valence-electron chi connectivity index (χ4n) is 10.9. The Morgan fingerprint density at radius 2 is 0.574 bits per heavy atom. The number of aryl methyl sites for hydroxylation is 12. The topological polar surface area (TPSA) is 78.1 Å². The quantitative estimate of drug-likeness (QED) is 0.0439. The Labute approximate surface area is 665 Å². The van der Waals surface area contributed by atoms with Crippen LogP contribution in [0.1, 0.15) is 215 Å². The van der Waals surface area contributed by atoms with Crippen molar-refractivity contribution in [1.82, 2.24) is 0 Å². The summed E-state index contributed by atoms with van der Waals surface area (Å²) in [6, 6.07) is 82.6. The van der Waals surface area contributed by atoms with Crippen LogP contribution in [0, 0.1) is 117 Å². The Hall–Kier alpha value is -11.1. The van der Waals surface area contributed by atoms with Gasteiger partial charge in [-0.1, -0.05) is 242 Å². The van der Waals surface area contributed by atoms with Crippen LogP contribution in [0.3, 0.4) is 0 Å². The van der Waals surface area contributed by atoms with Crippen LogP contribution in [0.5, 0.6) is 0 Å². The molecule has 0 aliphatic carbocycles. The van der Waals surface area contributed by atoms with Gasteiger partial charge in [-0.15, -0.1) is 12.8 Å². The van der Waals surface area contributed by atoms with Crippen LogP contribution in [-0.2, 0) is 38.5 Å². The lowest BCUT2D eigenvalue weighted by molar-refractivity contribution is 0.667. The molecule has 0 radical (unpaired) electrons. The molecular formula is C104H112IN3. The number of anilines is 3. The first-order valence-electron chi connectivity index (χ1n) is 38.2. The first-order valence-corrected chi connectivity index (χ1v) is 39.3. The summed E-state index contributed by atoms with van der Waals surface area (Å²) >= 11 is 2.29. The smallest absolute Gasteiger partial charge is 0.0317 e. The zero-order valence-electron chi connectivity index (χ0n) is 66.3. The Morgan fingerprint density at radius 3 is 0.898 bits per heavy atom. The number of nitrogens with two attached hydrogens (primary N) is 3. The molecule has 3 nitrogen and oxygen atoms in total. The molecule has 11 rings (SSSR count). The van der Waals surface area contributed by atoms with Gasteiger partial charge in [-0.2, -0.15) is 0 Å². The second-order valence-electron chi connectivity index (χ2n) is 26.9. The maximum Gasteiger partial charge on any atom is 0.0317 e. The Balaban J connectivity index is 0.000000238.